The zero-order valence-electron chi connectivity index (χ0n) is 12.6. The first-order valence-electron chi connectivity index (χ1n) is 7.31. The van der Waals surface area contributed by atoms with Crippen LogP contribution >= 0.6 is 0 Å². The predicted molar refractivity (Wildman–Crippen MR) is 86.4 cm³/mol. The highest BCUT2D eigenvalue weighted by Crippen LogP contribution is 2.20. The molecule has 0 aromatic heterocycles. The van der Waals surface area contributed by atoms with Crippen LogP contribution in [0.1, 0.15) is 11.6 Å². The van der Waals surface area contributed by atoms with Crippen LogP contribution in [0.4, 0.5) is 10.5 Å². The Kier molecular flexibility index (Phi) is 4.42. The van der Waals surface area contributed by atoms with Gasteiger partial charge < -0.3 is 15.4 Å². The van der Waals surface area contributed by atoms with Crippen LogP contribution < -0.4 is 20.7 Å². The van der Waals surface area contributed by atoms with E-state index in [0.29, 0.717) is 17.0 Å². The lowest BCUT2D eigenvalue weighted by Crippen LogP contribution is -2.22. The van der Waals surface area contributed by atoms with Gasteiger partial charge in [0.15, 0.2) is 6.61 Å². The second-order valence-electron chi connectivity index (χ2n) is 5.17. The molecule has 1 atom stereocenters. The molecule has 0 radical (unpaired) electrons. The van der Waals surface area contributed by atoms with E-state index < -0.39 is 18.0 Å². The Hall–Kier alpha value is -3.35. The minimum atomic E-state index is -0.755. The maximum atomic E-state index is 11.9. The Balaban J connectivity index is 1.61. The third-order valence-electron chi connectivity index (χ3n) is 3.39. The molecule has 0 bridgehead atoms. The Bertz CT molecular complexity index is 776. The minimum Gasteiger partial charge on any atom is -0.484 e. The number of imide groups is 1. The lowest BCUT2D eigenvalue weighted by atomic mass is 10.1. The van der Waals surface area contributed by atoms with Crippen molar-refractivity contribution in [3.05, 3.63) is 60.2 Å². The number of rotatable bonds is 5. The number of urea groups is 1. The van der Waals surface area contributed by atoms with Crippen molar-refractivity contribution in [2.75, 3.05) is 11.9 Å². The van der Waals surface area contributed by atoms with Crippen LogP contribution in [-0.2, 0) is 9.59 Å². The van der Waals surface area contributed by atoms with E-state index in [1.165, 1.54) is 0 Å². The molecule has 1 fully saturated rings. The van der Waals surface area contributed by atoms with E-state index in [-0.39, 0.29) is 12.5 Å². The van der Waals surface area contributed by atoms with Gasteiger partial charge in [-0.2, -0.15) is 0 Å². The first kappa shape index (κ1) is 15.5. The monoisotopic (exact) mass is 325 g/mol. The molecule has 0 spiro atoms. The van der Waals surface area contributed by atoms with Gasteiger partial charge in [-0.15, -0.1) is 0 Å². The zero-order chi connectivity index (χ0) is 16.9. The highest BCUT2D eigenvalue weighted by Gasteiger charge is 2.30. The summed E-state index contributed by atoms with van der Waals surface area (Å²) in [5.41, 5.74) is 1.10. The van der Waals surface area contributed by atoms with Crippen LogP contribution in [0.15, 0.2) is 54.6 Å². The molecule has 4 amide bonds. The van der Waals surface area contributed by atoms with Crippen molar-refractivity contribution in [2.24, 2.45) is 0 Å². The van der Waals surface area contributed by atoms with Crippen molar-refractivity contribution in [3.8, 4) is 5.75 Å². The van der Waals surface area contributed by atoms with E-state index >= 15 is 0 Å². The number of anilines is 1. The largest absolute Gasteiger partial charge is 0.484 e. The van der Waals surface area contributed by atoms with E-state index in [9.17, 15) is 14.4 Å². The fourth-order valence-electron chi connectivity index (χ4n) is 2.31. The SMILES string of the molecule is O=C(COc1ccccc1)Nc1cccc(C2NC(=O)NC2=O)c1. The summed E-state index contributed by atoms with van der Waals surface area (Å²) in [6.07, 6.45) is 0. The van der Waals surface area contributed by atoms with Gasteiger partial charge in [0.05, 0.1) is 0 Å². The summed E-state index contributed by atoms with van der Waals surface area (Å²) < 4.78 is 5.37. The molecule has 122 valence electrons. The van der Waals surface area contributed by atoms with E-state index in [0.717, 1.165) is 0 Å². The van der Waals surface area contributed by atoms with E-state index in [4.69, 9.17) is 4.74 Å². The summed E-state index contributed by atoms with van der Waals surface area (Å²) in [6.45, 7) is -0.130. The van der Waals surface area contributed by atoms with Crippen LogP contribution in [0.25, 0.3) is 0 Å². The molecule has 2 aromatic carbocycles. The lowest BCUT2D eigenvalue weighted by Gasteiger charge is -2.11. The van der Waals surface area contributed by atoms with Crippen LogP contribution in [0, 0.1) is 0 Å². The molecule has 0 aliphatic carbocycles. The van der Waals surface area contributed by atoms with Crippen LogP contribution in [0.3, 0.4) is 0 Å². The Morgan fingerprint density at radius 1 is 1.08 bits per heavy atom. The van der Waals surface area contributed by atoms with Crippen molar-refractivity contribution in [2.45, 2.75) is 6.04 Å². The number of para-hydroxylation sites is 1. The number of amides is 4. The summed E-state index contributed by atoms with van der Waals surface area (Å²) in [5, 5.41) is 7.37. The highest BCUT2D eigenvalue weighted by atomic mass is 16.5. The van der Waals surface area contributed by atoms with Crippen LogP contribution in [0.5, 0.6) is 5.75 Å². The van der Waals surface area contributed by atoms with E-state index in [1.54, 1.807) is 36.4 Å². The minimum absolute atomic E-state index is 0.130. The molecule has 3 N–H and O–H groups in total. The van der Waals surface area contributed by atoms with Gasteiger partial charge in [-0.3, -0.25) is 14.9 Å². The zero-order valence-corrected chi connectivity index (χ0v) is 12.6. The smallest absolute Gasteiger partial charge is 0.322 e. The van der Waals surface area contributed by atoms with Gasteiger partial charge >= 0.3 is 6.03 Å². The van der Waals surface area contributed by atoms with Crippen molar-refractivity contribution >= 4 is 23.5 Å². The molecule has 1 saturated heterocycles. The average Bonchev–Trinajstić information content (AvgIpc) is 2.93. The molecule has 7 heteroatoms. The quantitative estimate of drug-likeness (QED) is 0.727. The van der Waals surface area contributed by atoms with Crippen LogP contribution in [-0.4, -0.2) is 24.5 Å². The van der Waals surface area contributed by atoms with E-state index in [1.807, 2.05) is 18.2 Å². The molecule has 1 heterocycles. The predicted octanol–water partition coefficient (Wildman–Crippen LogP) is 1.58. The maximum absolute atomic E-state index is 11.9. The van der Waals surface area contributed by atoms with Crippen molar-refractivity contribution in [1.29, 1.82) is 0 Å². The molecule has 24 heavy (non-hydrogen) atoms. The molecule has 3 rings (SSSR count). The number of ether oxygens (including phenoxy) is 1. The number of carbonyl (C=O) groups excluding carboxylic acids is 3. The summed E-state index contributed by atoms with van der Waals surface area (Å²) in [7, 11) is 0. The second kappa shape index (κ2) is 6.82. The van der Waals surface area contributed by atoms with Crippen molar-refractivity contribution in [3.63, 3.8) is 0 Å². The summed E-state index contributed by atoms with van der Waals surface area (Å²) in [5.74, 6) is -0.140. The summed E-state index contributed by atoms with van der Waals surface area (Å²) in [6, 6.07) is 14.4. The first-order chi connectivity index (χ1) is 11.6. The molecule has 0 saturated carbocycles. The van der Waals surface area contributed by atoms with Crippen molar-refractivity contribution < 1.29 is 19.1 Å². The third-order valence-corrected chi connectivity index (χ3v) is 3.39. The molecular weight excluding hydrogens is 310 g/mol. The van der Waals surface area contributed by atoms with Gasteiger partial charge in [0, 0.05) is 5.69 Å². The van der Waals surface area contributed by atoms with Gasteiger partial charge in [0.2, 0.25) is 0 Å². The number of carbonyl (C=O) groups is 3. The Labute approximate surface area is 138 Å². The standard InChI is InChI=1S/C17H15N3O4/c21-14(10-24-13-7-2-1-3-8-13)18-12-6-4-5-11(9-12)15-16(22)20-17(23)19-15/h1-9,15H,10H2,(H,18,21)(H2,19,20,22,23). The average molecular weight is 325 g/mol. The highest BCUT2D eigenvalue weighted by molar-refractivity contribution is 6.04. The summed E-state index contributed by atoms with van der Waals surface area (Å²) in [4.78, 5) is 34.8. The summed E-state index contributed by atoms with van der Waals surface area (Å²) >= 11 is 0. The lowest BCUT2D eigenvalue weighted by molar-refractivity contribution is -0.120. The third kappa shape index (κ3) is 3.70. The fourth-order valence-corrected chi connectivity index (χ4v) is 2.31. The molecule has 7 nitrogen and oxygen atoms in total. The topological polar surface area (TPSA) is 96.5 Å². The number of benzene rings is 2. The van der Waals surface area contributed by atoms with Gasteiger partial charge in [0.1, 0.15) is 11.8 Å². The molecular formula is C17H15N3O4. The number of hydrogen-bond donors (Lipinski definition) is 3. The molecule has 1 unspecified atom stereocenters. The number of hydrogen-bond acceptors (Lipinski definition) is 4. The molecule has 1 aliphatic heterocycles. The van der Waals surface area contributed by atoms with Gasteiger partial charge in [0.25, 0.3) is 11.8 Å². The van der Waals surface area contributed by atoms with Crippen LogP contribution in [0.2, 0.25) is 0 Å². The second-order valence-corrected chi connectivity index (χ2v) is 5.17. The van der Waals surface area contributed by atoms with E-state index in [2.05, 4.69) is 16.0 Å². The maximum Gasteiger partial charge on any atom is 0.322 e. The normalized spacial score (nSPS) is 16.2. The Morgan fingerprint density at radius 2 is 1.88 bits per heavy atom. The van der Waals surface area contributed by atoms with Gasteiger partial charge in [-0.1, -0.05) is 30.3 Å². The number of nitrogens with one attached hydrogen (secondary N) is 3. The first-order valence-corrected chi connectivity index (χ1v) is 7.31. The fraction of sp³-hybridized carbons (Fsp3) is 0.118. The van der Waals surface area contributed by atoms with Gasteiger partial charge in [-0.05, 0) is 29.8 Å². The molecule has 2 aromatic rings. The Morgan fingerprint density at radius 3 is 2.58 bits per heavy atom. The van der Waals surface area contributed by atoms with Gasteiger partial charge in [-0.25, -0.2) is 4.79 Å². The van der Waals surface area contributed by atoms with Crippen molar-refractivity contribution in [1.82, 2.24) is 10.6 Å². The molecule has 1 aliphatic rings.